The summed E-state index contributed by atoms with van der Waals surface area (Å²) in [5, 5.41) is 17.1. The molecule has 0 fully saturated rings. The molecule has 2 unspecified atom stereocenters. The van der Waals surface area contributed by atoms with Crippen LogP contribution in [0.5, 0.6) is 11.5 Å². The van der Waals surface area contributed by atoms with Gasteiger partial charge >= 0.3 is 0 Å². The topological polar surface area (TPSA) is 75.1 Å². The third kappa shape index (κ3) is 7.68. The summed E-state index contributed by atoms with van der Waals surface area (Å²) in [6.45, 7) is 9.41. The first kappa shape index (κ1) is 23.8. The number of guanidine groups is 1. The summed E-state index contributed by atoms with van der Waals surface area (Å²) in [6.07, 6.45) is -0.778. The van der Waals surface area contributed by atoms with Crippen LogP contribution in [0.4, 0.5) is 0 Å². The molecule has 0 aliphatic heterocycles. The molecule has 1 aromatic carbocycles. The largest absolute Gasteiger partial charge is 0.497 e. The molecule has 0 bridgehead atoms. The number of ether oxygens (including phenoxy) is 2. The Morgan fingerprint density at radius 2 is 1.88 bits per heavy atom. The Kier molecular flexibility index (Phi) is 11.6. The summed E-state index contributed by atoms with van der Waals surface area (Å²) in [7, 11) is 3.17. The number of nitrogens with zero attached hydrogens (tertiary/aromatic N) is 1. The molecule has 6 nitrogen and oxygen atoms in total. The molecule has 0 aliphatic rings. The number of aliphatic hydroxyl groups is 1. The zero-order valence-corrected chi connectivity index (χ0v) is 18.3. The highest BCUT2D eigenvalue weighted by atomic mass is 127. The SMILES string of the molecule is CCNC(=NCC(O)c1cc(OC)ccc1OC)NC(C)C(C)C.I. The molecule has 3 N–H and O–H groups in total. The highest BCUT2D eigenvalue weighted by Crippen LogP contribution is 2.29. The van der Waals surface area contributed by atoms with E-state index in [0.29, 0.717) is 28.9 Å². The van der Waals surface area contributed by atoms with Crippen molar-refractivity contribution in [3.63, 3.8) is 0 Å². The summed E-state index contributed by atoms with van der Waals surface area (Å²) < 4.78 is 10.5. The van der Waals surface area contributed by atoms with Gasteiger partial charge in [0.15, 0.2) is 5.96 Å². The number of nitrogens with one attached hydrogen (secondary N) is 2. The summed E-state index contributed by atoms with van der Waals surface area (Å²) >= 11 is 0. The summed E-state index contributed by atoms with van der Waals surface area (Å²) in [5.41, 5.74) is 0.661. The standard InChI is InChI=1S/C18H31N3O3.HI/c1-7-19-18(21-13(4)12(2)3)20-11-16(22)15-10-14(23-5)8-9-17(15)24-6;/h8-10,12-13,16,22H,7,11H2,1-6H3,(H2,19,20,21);1H. The van der Waals surface area contributed by atoms with Crippen LogP contribution in [0.2, 0.25) is 0 Å². The third-order valence-electron chi connectivity index (χ3n) is 3.93. The zero-order valence-electron chi connectivity index (χ0n) is 16.0. The van der Waals surface area contributed by atoms with Crippen LogP contribution in [-0.2, 0) is 0 Å². The number of halogens is 1. The highest BCUT2D eigenvalue weighted by molar-refractivity contribution is 14.0. The maximum atomic E-state index is 10.5. The maximum absolute atomic E-state index is 10.5. The molecule has 25 heavy (non-hydrogen) atoms. The molecule has 1 aromatic rings. The van der Waals surface area contributed by atoms with Crippen molar-refractivity contribution in [3.8, 4) is 11.5 Å². The molecule has 0 aromatic heterocycles. The summed E-state index contributed by atoms with van der Waals surface area (Å²) in [5.74, 6) is 2.47. The second-order valence-corrected chi connectivity index (χ2v) is 6.02. The molecule has 0 amide bonds. The van der Waals surface area contributed by atoms with Gasteiger partial charge in [0.25, 0.3) is 0 Å². The van der Waals surface area contributed by atoms with E-state index in [1.807, 2.05) is 6.92 Å². The number of hydrogen-bond acceptors (Lipinski definition) is 4. The Labute approximate surface area is 168 Å². The Morgan fingerprint density at radius 1 is 1.20 bits per heavy atom. The van der Waals surface area contributed by atoms with Gasteiger partial charge in [-0.25, -0.2) is 0 Å². The molecule has 0 radical (unpaired) electrons. The number of aliphatic hydroxyl groups excluding tert-OH is 1. The minimum absolute atomic E-state index is 0. The lowest BCUT2D eigenvalue weighted by atomic mass is 10.1. The molecule has 0 saturated carbocycles. The highest BCUT2D eigenvalue weighted by Gasteiger charge is 2.15. The van der Waals surface area contributed by atoms with E-state index in [0.717, 1.165) is 6.54 Å². The maximum Gasteiger partial charge on any atom is 0.191 e. The Bertz CT molecular complexity index is 538. The first-order valence-corrected chi connectivity index (χ1v) is 8.37. The van der Waals surface area contributed by atoms with Crippen molar-refractivity contribution in [1.82, 2.24) is 10.6 Å². The lowest BCUT2D eigenvalue weighted by molar-refractivity contribution is 0.182. The number of rotatable bonds is 8. The second-order valence-electron chi connectivity index (χ2n) is 6.02. The molecule has 7 heteroatoms. The van der Waals surface area contributed by atoms with Crippen molar-refractivity contribution in [1.29, 1.82) is 0 Å². The summed E-state index contributed by atoms with van der Waals surface area (Å²) in [6, 6.07) is 5.64. The molecule has 0 spiro atoms. The number of benzene rings is 1. The van der Waals surface area contributed by atoms with E-state index in [2.05, 4.69) is 36.4 Å². The first-order valence-electron chi connectivity index (χ1n) is 8.37. The van der Waals surface area contributed by atoms with Crippen LogP contribution in [0, 0.1) is 5.92 Å². The van der Waals surface area contributed by atoms with E-state index in [-0.39, 0.29) is 36.6 Å². The molecular weight excluding hydrogens is 433 g/mol. The van der Waals surface area contributed by atoms with Crippen LogP contribution in [0.1, 0.15) is 39.4 Å². The lowest BCUT2D eigenvalue weighted by Crippen LogP contribution is -2.44. The van der Waals surface area contributed by atoms with Gasteiger partial charge in [-0.15, -0.1) is 24.0 Å². The van der Waals surface area contributed by atoms with E-state index in [4.69, 9.17) is 9.47 Å². The molecule has 2 atom stereocenters. The second kappa shape index (κ2) is 12.2. The smallest absolute Gasteiger partial charge is 0.191 e. The molecule has 0 heterocycles. The van der Waals surface area contributed by atoms with E-state index in [9.17, 15) is 5.11 Å². The first-order chi connectivity index (χ1) is 11.4. The van der Waals surface area contributed by atoms with E-state index in [1.54, 1.807) is 32.4 Å². The normalized spacial score (nSPS) is 13.7. The Hall–Kier alpha value is -1.22. The number of aliphatic imine (C=N–C) groups is 1. The van der Waals surface area contributed by atoms with Gasteiger partial charge in [0.1, 0.15) is 17.6 Å². The van der Waals surface area contributed by atoms with Gasteiger partial charge in [0.2, 0.25) is 0 Å². The van der Waals surface area contributed by atoms with Crippen molar-refractivity contribution in [2.45, 2.75) is 39.8 Å². The Balaban J connectivity index is 0.00000576. The minimum Gasteiger partial charge on any atom is -0.497 e. The van der Waals surface area contributed by atoms with Gasteiger partial charge < -0.3 is 25.2 Å². The van der Waals surface area contributed by atoms with Gasteiger partial charge in [0.05, 0.1) is 20.8 Å². The van der Waals surface area contributed by atoms with Crippen LogP contribution < -0.4 is 20.1 Å². The van der Waals surface area contributed by atoms with Crippen molar-refractivity contribution < 1.29 is 14.6 Å². The molecule has 0 saturated heterocycles. The van der Waals surface area contributed by atoms with Gasteiger partial charge in [-0.2, -0.15) is 0 Å². The molecule has 144 valence electrons. The van der Waals surface area contributed by atoms with Crippen LogP contribution >= 0.6 is 24.0 Å². The van der Waals surface area contributed by atoms with Crippen molar-refractivity contribution in [2.75, 3.05) is 27.3 Å². The molecule has 0 aliphatic carbocycles. The van der Waals surface area contributed by atoms with Crippen LogP contribution in [0.15, 0.2) is 23.2 Å². The average molecular weight is 465 g/mol. The fraction of sp³-hybridized carbons (Fsp3) is 0.611. The fourth-order valence-electron chi connectivity index (χ4n) is 2.08. The van der Waals surface area contributed by atoms with Gasteiger partial charge in [-0.1, -0.05) is 13.8 Å². The predicted molar refractivity (Wildman–Crippen MR) is 113 cm³/mol. The van der Waals surface area contributed by atoms with Crippen molar-refractivity contribution >= 4 is 29.9 Å². The quantitative estimate of drug-likeness (QED) is 0.313. The van der Waals surface area contributed by atoms with Crippen molar-refractivity contribution in [3.05, 3.63) is 23.8 Å². The monoisotopic (exact) mass is 465 g/mol. The van der Waals surface area contributed by atoms with Gasteiger partial charge in [0, 0.05) is 18.2 Å². The fourth-order valence-corrected chi connectivity index (χ4v) is 2.08. The van der Waals surface area contributed by atoms with Gasteiger partial charge in [-0.05, 0) is 38.0 Å². The zero-order chi connectivity index (χ0) is 18.1. The number of methoxy groups -OCH3 is 2. The molecule has 1 rings (SSSR count). The Morgan fingerprint density at radius 3 is 2.40 bits per heavy atom. The van der Waals surface area contributed by atoms with E-state index >= 15 is 0 Å². The van der Waals surface area contributed by atoms with Crippen LogP contribution in [0.3, 0.4) is 0 Å². The van der Waals surface area contributed by atoms with Crippen LogP contribution in [-0.4, -0.2) is 44.4 Å². The van der Waals surface area contributed by atoms with E-state index in [1.165, 1.54) is 0 Å². The lowest BCUT2D eigenvalue weighted by Gasteiger charge is -2.21. The van der Waals surface area contributed by atoms with Crippen molar-refractivity contribution in [2.24, 2.45) is 10.9 Å². The third-order valence-corrected chi connectivity index (χ3v) is 3.93. The van der Waals surface area contributed by atoms with Crippen LogP contribution in [0.25, 0.3) is 0 Å². The van der Waals surface area contributed by atoms with E-state index < -0.39 is 6.10 Å². The predicted octanol–water partition coefficient (Wildman–Crippen LogP) is 2.95. The molecular formula is C18H32IN3O3. The minimum atomic E-state index is -0.778. The number of hydrogen-bond donors (Lipinski definition) is 3. The average Bonchev–Trinajstić information content (AvgIpc) is 2.58. The van der Waals surface area contributed by atoms with Gasteiger partial charge in [-0.3, -0.25) is 4.99 Å². The summed E-state index contributed by atoms with van der Waals surface area (Å²) in [4.78, 5) is 4.49.